The van der Waals surface area contributed by atoms with Gasteiger partial charge in [-0.15, -0.1) is 0 Å². The minimum absolute atomic E-state index is 0. The van der Waals surface area contributed by atoms with Gasteiger partial charge in [0, 0.05) is 0 Å². The standard InChI is InChI=1S/C14H26NO18PS.4Na/c15-4(12(20)21)1-28-14-11(33-34(22,23)24)8(17)5(2-29-14)31-13-10(19)9(18)7(16)6(32-13)3-30-35(25,26)27;;;;/h4-11,13-14,16-19H,1-3,15H2,(H,20,21)(H2,22,23,24)(H,25,26,27);;;;/q;4*+1/p-4/t4-,5+,6+,7-,8-,9-,10+,11+,13+,14+;;;;/m0..../s1. The summed E-state index contributed by atoms with van der Waals surface area (Å²) in [7, 11) is -11.0. The fourth-order valence-corrected chi connectivity index (χ4v) is 3.86. The van der Waals surface area contributed by atoms with E-state index in [2.05, 4.69) is 8.71 Å². The number of carboxylic acids is 1. The minimum atomic E-state index is -5.80. The molecule has 2 aliphatic heterocycles. The maximum absolute atomic E-state index is 11.1. The smallest absolute Gasteiger partial charge is 0.790 e. The Balaban J connectivity index is -0.00000324. The zero-order valence-corrected chi connectivity index (χ0v) is 31.0. The molecule has 0 saturated carbocycles. The number of ether oxygens (including phenoxy) is 4. The van der Waals surface area contributed by atoms with Crippen LogP contribution in [0, 0.1) is 0 Å². The van der Waals surface area contributed by atoms with E-state index in [1.54, 1.807) is 0 Å². The summed E-state index contributed by atoms with van der Waals surface area (Å²) in [6.07, 6.45) is -17.4. The van der Waals surface area contributed by atoms with Crippen LogP contribution in [-0.2, 0) is 47.4 Å². The number of nitrogens with two attached hydrogens (primary N) is 1. The van der Waals surface area contributed by atoms with Crippen LogP contribution in [-0.4, -0.2) is 121 Å². The van der Waals surface area contributed by atoms with E-state index < -0.39 is 105 Å². The van der Waals surface area contributed by atoms with Gasteiger partial charge >= 0.3 is 118 Å². The van der Waals surface area contributed by atoms with E-state index in [0.29, 0.717) is 0 Å². The number of phosphoric ester groups is 1. The van der Waals surface area contributed by atoms with Crippen LogP contribution in [0.3, 0.4) is 0 Å². The molecule has 10 atom stereocenters. The Kier molecular flexibility index (Phi) is 24.2. The van der Waals surface area contributed by atoms with Gasteiger partial charge in [-0.25, -0.2) is 8.42 Å². The summed E-state index contributed by atoms with van der Waals surface area (Å²) in [6, 6.07) is -1.70. The minimum Gasteiger partial charge on any atom is -0.790 e. The molecule has 6 N–H and O–H groups in total. The number of carboxylic acid groups (broad SMARTS) is 1. The Labute approximate surface area is 310 Å². The Hall–Kier alpha value is 3.09. The molecule has 2 heterocycles. The number of carbonyl (C=O) groups excluding carboxylic acids is 1. The molecule has 0 spiro atoms. The van der Waals surface area contributed by atoms with Crippen LogP contribution in [0.1, 0.15) is 0 Å². The third-order valence-electron chi connectivity index (χ3n) is 4.76. The fourth-order valence-electron chi connectivity index (χ4n) is 3.04. The Morgan fingerprint density at radius 2 is 1.59 bits per heavy atom. The second-order valence-corrected chi connectivity index (χ2v) is 9.51. The number of aliphatic hydroxyl groups excluding tert-OH is 4. The van der Waals surface area contributed by atoms with Crippen molar-refractivity contribution in [2.75, 3.05) is 19.8 Å². The summed E-state index contributed by atoms with van der Waals surface area (Å²) < 4.78 is 71.5. The van der Waals surface area contributed by atoms with E-state index in [0.717, 1.165) is 0 Å². The average Bonchev–Trinajstić information content (AvgIpc) is 2.73. The quantitative estimate of drug-likeness (QED) is 0.0601. The third-order valence-corrected chi connectivity index (χ3v) is 5.68. The van der Waals surface area contributed by atoms with Crippen LogP contribution in [0.4, 0.5) is 0 Å². The molecule has 25 heteroatoms. The molecule has 0 unspecified atom stereocenters. The van der Waals surface area contributed by atoms with Crippen molar-refractivity contribution in [2.24, 2.45) is 5.73 Å². The molecule has 0 amide bonds. The number of phosphoric acid groups is 1. The first-order valence-corrected chi connectivity index (χ1v) is 12.3. The molecule has 0 radical (unpaired) electrons. The van der Waals surface area contributed by atoms with Gasteiger partial charge < -0.3 is 78.4 Å². The largest absolute Gasteiger partial charge is 1.00 e. The molecule has 19 nitrogen and oxygen atoms in total. The maximum atomic E-state index is 11.1. The molecule has 39 heavy (non-hydrogen) atoms. The maximum Gasteiger partial charge on any atom is 1.00 e. The van der Waals surface area contributed by atoms with Crippen molar-refractivity contribution in [1.82, 2.24) is 0 Å². The summed E-state index contributed by atoms with van der Waals surface area (Å²) in [5.41, 5.74) is 5.19. The van der Waals surface area contributed by atoms with E-state index in [9.17, 15) is 57.6 Å². The molecule has 206 valence electrons. The van der Waals surface area contributed by atoms with Gasteiger partial charge in [-0.05, 0) is 0 Å². The van der Waals surface area contributed by atoms with Crippen molar-refractivity contribution in [1.29, 1.82) is 0 Å². The molecule has 0 aromatic carbocycles. The first-order chi connectivity index (χ1) is 16.0. The van der Waals surface area contributed by atoms with Crippen LogP contribution in [0.2, 0.25) is 0 Å². The van der Waals surface area contributed by atoms with Crippen molar-refractivity contribution >= 4 is 24.2 Å². The van der Waals surface area contributed by atoms with E-state index in [1.165, 1.54) is 0 Å². The predicted molar refractivity (Wildman–Crippen MR) is 94.4 cm³/mol. The number of hydrogen-bond acceptors (Lipinski definition) is 19. The first-order valence-electron chi connectivity index (χ1n) is 9.53. The van der Waals surface area contributed by atoms with Crippen LogP contribution in [0.25, 0.3) is 0 Å². The number of carbonyl (C=O) groups is 1. The van der Waals surface area contributed by atoms with Crippen molar-refractivity contribution < 1.29 is 204 Å². The molecule has 2 rings (SSSR count). The van der Waals surface area contributed by atoms with Gasteiger partial charge in [0.2, 0.25) is 10.4 Å². The molecule has 0 bridgehead atoms. The van der Waals surface area contributed by atoms with E-state index in [-0.39, 0.29) is 118 Å². The number of rotatable bonds is 11. The normalized spacial score (nSPS) is 33.8. The van der Waals surface area contributed by atoms with E-state index in [4.69, 9.17) is 24.7 Å². The summed E-state index contributed by atoms with van der Waals surface area (Å²) >= 11 is 0. The topological polar surface area (TPSA) is 323 Å². The van der Waals surface area contributed by atoms with Crippen LogP contribution in [0.15, 0.2) is 0 Å². The van der Waals surface area contributed by atoms with Gasteiger partial charge in [0.1, 0.15) is 42.7 Å². The van der Waals surface area contributed by atoms with Crippen LogP contribution in [0.5, 0.6) is 0 Å². The van der Waals surface area contributed by atoms with Gasteiger partial charge in [-0.3, -0.25) is 4.18 Å². The van der Waals surface area contributed by atoms with Crippen molar-refractivity contribution in [3.8, 4) is 0 Å². The van der Waals surface area contributed by atoms with Crippen LogP contribution >= 0.6 is 7.82 Å². The van der Waals surface area contributed by atoms with Gasteiger partial charge in [0.15, 0.2) is 12.6 Å². The van der Waals surface area contributed by atoms with Crippen LogP contribution < -0.4 is 139 Å². The third kappa shape index (κ3) is 15.3. The van der Waals surface area contributed by atoms with Gasteiger partial charge in [-0.2, -0.15) is 0 Å². The molecule has 2 fully saturated rings. The fraction of sp³-hybridized carbons (Fsp3) is 0.929. The zero-order chi connectivity index (χ0) is 26.7. The number of aliphatic hydroxyl groups is 4. The Morgan fingerprint density at radius 1 is 1.03 bits per heavy atom. The van der Waals surface area contributed by atoms with Gasteiger partial charge in [-0.1, -0.05) is 0 Å². The molecule has 0 aromatic heterocycles. The summed E-state index contributed by atoms with van der Waals surface area (Å²) in [6.45, 7) is -2.60. The molecular formula is C14H22NNa4O18PS. The average molecular weight is 647 g/mol. The predicted octanol–water partition coefficient (Wildman–Crippen LogP) is -20.3. The molecule has 0 aliphatic carbocycles. The SMILES string of the molecule is N[C@@H](CO[C@@H]1OC[C@@H](O[C@@H]2O[C@H](COS(=O)(=O)[O-])[C@H](O)[C@H](O)[C@H]2O)[C@H](O)[C@H]1OP(=O)([O-])[O-])C(=O)[O-].[Na+].[Na+].[Na+].[Na+]. The molecular weight excluding hydrogens is 625 g/mol. The second kappa shape index (κ2) is 20.3. The van der Waals surface area contributed by atoms with E-state index >= 15 is 0 Å². The molecule has 2 aliphatic rings. The second-order valence-electron chi connectivity index (χ2n) is 7.35. The van der Waals surface area contributed by atoms with Crippen molar-refractivity contribution in [2.45, 2.75) is 61.3 Å². The monoisotopic (exact) mass is 647 g/mol. The van der Waals surface area contributed by atoms with E-state index in [1.807, 2.05) is 0 Å². The van der Waals surface area contributed by atoms with Gasteiger partial charge in [0.25, 0.3) is 0 Å². The van der Waals surface area contributed by atoms with Crippen molar-refractivity contribution in [3.63, 3.8) is 0 Å². The molecule has 0 aromatic rings. The number of hydrogen-bond donors (Lipinski definition) is 5. The summed E-state index contributed by atoms with van der Waals surface area (Å²) in [5, 5.41) is 51.1. The summed E-state index contributed by atoms with van der Waals surface area (Å²) in [4.78, 5) is 32.9. The Bertz CT molecular complexity index is 886. The van der Waals surface area contributed by atoms with Crippen molar-refractivity contribution in [3.05, 3.63) is 0 Å². The first kappa shape index (κ1) is 46.5. The zero-order valence-electron chi connectivity index (χ0n) is 21.3. The number of aliphatic carboxylic acids is 1. The summed E-state index contributed by atoms with van der Waals surface area (Å²) in [5.74, 6) is -1.74. The Morgan fingerprint density at radius 3 is 2.08 bits per heavy atom. The molecule has 2 saturated heterocycles. The van der Waals surface area contributed by atoms with Gasteiger partial charge in [0.05, 0.1) is 39.7 Å².